The predicted molar refractivity (Wildman–Crippen MR) is 70.2 cm³/mol. The summed E-state index contributed by atoms with van der Waals surface area (Å²) in [6.45, 7) is 6.89. The van der Waals surface area contributed by atoms with Gasteiger partial charge in [-0.2, -0.15) is 0 Å². The van der Waals surface area contributed by atoms with E-state index in [0.29, 0.717) is 6.61 Å². The Bertz CT molecular complexity index is 192. The van der Waals surface area contributed by atoms with Crippen molar-refractivity contribution in [2.24, 2.45) is 5.92 Å². The molecule has 0 radical (unpaired) electrons. The van der Waals surface area contributed by atoms with Gasteiger partial charge >= 0.3 is 5.97 Å². The molecule has 0 aliphatic rings. The Balaban J connectivity index is 3.58. The summed E-state index contributed by atoms with van der Waals surface area (Å²) in [5, 5.41) is 8.73. The zero-order valence-corrected chi connectivity index (χ0v) is 11.6. The molecule has 0 aromatic rings. The molecule has 102 valence electrons. The van der Waals surface area contributed by atoms with E-state index in [1.165, 1.54) is 25.7 Å². The molecular formula is C14H28O3. The standard InChI is InChI=1S/C14H28O3/c1-4-6-7-8-9-12(3)17-11-13(5-2)10-14(15)16/h12-13H,4-11H2,1-3H3,(H,15,16). The minimum absolute atomic E-state index is 0.158. The van der Waals surface area contributed by atoms with E-state index < -0.39 is 5.97 Å². The Morgan fingerprint density at radius 1 is 1.24 bits per heavy atom. The first kappa shape index (κ1) is 16.4. The van der Waals surface area contributed by atoms with Gasteiger partial charge in [0.05, 0.1) is 19.1 Å². The van der Waals surface area contributed by atoms with Crippen LogP contribution in [0.25, 0.3) is 0 Å². The summed E-state index contributed by atoms with van der Waals surface area (Å²) in [5.74, 6) is -0.568. The number of unbranched alkanes of at least 4 members (excludes halogenated alkanes) is 3. The highest BCUT2D eigenvalue weighted by molar-refractivity contribution is 5.66. The zero-order valence-electron chi connectivity index (χ0n) is 11.6. The second-order valence-electron chi connectivity index (χ2n) is 4.87. The molecule has 0 aromatic heterocycles. The summed E-state index contributed by atoms with van der Waals surface area (Å²) >= 11 is 0. The quantitative estimate of drug-likeness (QED) is 0.561. The lowest BCUT2D eigenvalue weighted by Gasteiger charge is -2.17. The van der Waals surface area contributed by atoms with Crippen LogP contribution < -0.4 is 0 Å². The van der Waals surface area contributed by atoms with Crippen LogP contribution in [0, 0.1) is 5.92 Å². The minimum Gasteiger partial charge on any atom is -0.481 e. The molecule has 2 atom stereocenters. The Morgan fingerprint density at radius 3 is 2.47 bits per heavy atom. The number of ether oxygens (including phenoxy) is 1. The van der Waals surface area contributed by atoms with Gasteiger partial charge in [0.15, 0.2) is 0 Å². The maximum Gasteiger partial charge on any atom is 0.303 e. The molecule has 0 aromatic carbocycles. The maximum atomic E-state index is 10.6. The molecule has 1 N–H and O–H groups in total. The van der Waals surface area contributed by atoms with Gasteiger partial charge in [0, 0.05) is 0 Å². The Labute approximate surface area is 106 Å². The average molecular weight is 244 g/mol. The number of rotatable bonds is 11. The third kappa shape index (κ3) is 10.3. The summed E-state index contributed by atoms with van der Waals surface area (Å²) in [5.41, 5.74) is 0. The van der Waals surface area contributed by atoms with E-state index in [-0.39, 0.29) is 18.4 Å². The normalized spacial score (nSPS) is 14.5. The number of aliphatic carboxylic acids is 1. The van der Waals surface area contributed by atoms with Gasteiger partial charge in [-0.05, 0) is 19.3 Å². The van der Waals surface area contributed by atoms with Crippen LogP contribution in [0.2, 0.25) is 0 Å². The fourth-order valence-electron chi connectivity index (χ4n) is 1.81. The number of carbonyl (C=O) groups is 1. The van der Waals surface area contributed by atoms with Crippen LogP contribution in [-0.4, -0.2) is 23.8 Å². The topological polar surface area (TPSA) is 46.5 Å². The molecule has 0 aliphatic heterocycles. The smallest absolute Gasteiger partial charge is 0.303 e. The SMILES string of the molecule is CCCCCCC(C)OCC(CC)CC(=O)O. The van der Waals surface area contributed by atoms with Crippen molar-refractivity contribution in [2.75, 3.05) is 6.61 Å². The summed E-state index contributed by atoms with van der Waals surface area (Å²) in [6, 6.07) is 0. The van der Waals surface area contributed by atoms with Crippen molar-refractivity contribution >= 4 is 5.97 Å². The third-order valence-electron chi connectivity index (χ3n) is 3.12. The van der Waals surface area contributed by atoms with Gasteiger partial charge in [0.1, 0.15) is 0 Å². The van der Waals surface area contributed by atoms with Crippen LogP contribution in [0.1, 0.15) is 65.7 Å². The average Bonchev–Trinajstić information content (AvgIpc) is 2.29. The lowest BCUT2D eigenvalue weighted by Crippen LogP contribution is -2.18. The summed E-state index contributed by atoms with van der Waals surface area (Å²) in [4.78, 5) is 10.6. The molecule has 0 saturated heterocycles. The molecule has 0 saturated carbocycles. The lowest BCUT2D eigenvalue weighted by atomic mass is 10.0. The number of carboxylic acid groups (broad SMARTS) is 1. The first-order chi connectivity index (χ1) is 8.10. The van der Waals surface area contributed by atoms with Gasteiger partial charge in [0.25, 0.3) is 0 Å². The minimum atomic E-state index is -0.726. The lowest BCUT2D eigenvalue weighted by molar-refractivity contribution is -0.138. The van der Waals surface area contributed by atoms with Crippen LogP contribution in [0.15, 0.2) is 0 Å². The molecule has 3 heteroatoms. The molecule has 17 heavy (non-hydrogen) atoms. The largest absolute Gasteiger partial charge is 0.481 e. The van der Waals surface area contributed by atoms with Crippen molar-refractivity contribution in [3.8, 4) is 0 Å². The molecule has 0 rings (SSSR count). The molecule has 0 bridgehead atoms. The van der Waals surface area contributed by atoms with Gasteiger partial charge in [-0.1, -0.05) is 46.0 Å². The van der Waals surface area contributed by atoms with E-state index in [9.17, 15) is 4.79 Å². The highest BCUT2D eigenvalue weighted by atomic mass is 16.5. The van der Waals surface area contributed by atoms with E-state index in [1.54, 1.807) is 0 Å². The van der Waals surface area contributed by atoms with E-state index in [4.69, 9.17) is 9.84 Å². The van der Waals surface area contributed by atoms with Gasteiger partial charge in [-0.25, -0.2) is 0 Å². The van der Waals surface area contributed by atoms with Crippen molar-refractivity contribution in [1.82, 2.24) is 0 Å². The van der Waals surface area contributed by atoms with Crippen LogP contribution in [-0.2, 0) is 9.53 Å². The summed E-state index contributed by atoms with van der Waals surface area (Å²) < 4.78 is 5.71. The first-order valence-corrected chi connectivity index (χ1v) is 6.93. The van der Waals surface area contributed by atoms with Crippen molar-refractivity contribution in [1.29, 1.82) is 0 Å². The van der Waals surface area contributed by atoms with Crippen LogP contribution in [0.4, 0.5) is 0 Å². The van der Waals surface area contributed by atoms with Crippen molar-refractivity contribution in [3.05, 3.63) is 0 Å². The third-order valence-corrected chi connectivity index (χ3v) is 3.12. The second-order valence-corrected chi connectivity index (χ2v) is 4.87. The van der Waals surface area contributed by atoms with E-state index in [0.717, 1.165) is 12.8 Å². The maximum absolute atomic E-state index is 10.6. The van der Waals surface area contributed by atoms with Gasteiger partial charge < -0.3 is 9.84 Å². The van der Waals surface area contributed by atoms with Crippen molar-refractivity contribution < 1.29 is 14.6 Å². The molecular weight excluding hydrogens is 216 g/mol. The van der Waals surface area contributed by atoms with E-state index >= 15 is 0 Å². The van der Waals surface area contributed by atoms with Crippen LogP contribution >= 0.6 is 0 Å². The Kier molecular flexibility index (Phi) is 10.2. The second kappa shape index (κ2) is 10.6. The van der Waals surface area contributed by atoms with Gasteiger partial charge in [-0.3, -0.25) is 4.79 Å². The monoisotopic (exact) mass is 244 g/mol. The van der Waals surface area contributed by atoms with Crippen LogP contribution in [0.5, 0.6) is 0 Å². The Hall–Kier alpha value is -0.570. The fraction of sp³-hybridized carbons (Fsp3) is 0.929. The number of carboxylic acids is 1. The fourth-order valence-corrected chi connectivity index (χ4v) is 1.81. The number of hydrogen-bond donors (Lipinski definition) is 1. The van der Waals surface area contributed by atoms with Crippen molar-refractivity contribution in [3.63, 3.8) is 0 Å². The molecule has 0 spiro atoms. The summed E-state index contributed by atoms with van der Waals surface area (Å²) in [7, 11) is 0. The molecule has 3 nitrogen and oxygen atoms in total. The molecule has 0 heterocycles. The first-order valence-electron chi connectivity index (χ1n) is 6.93. The number of hydrogen-bond acceptors (Lipinski definition) is 2. The van der Waals surface area contributed by atoms with Crippen molar-refractivity contribution in [2.45, 2.75) is 71.8 Å². The highest BCUT2D eigenvalue weighted by Gasteiger charge is 2.13. The van der Waals surface area contributed by atoms with E-state index in [2.05, 4.69) is 13.8 Å². The zero-order chi connectivity index (χ0) is 13.1. The summed E-state index contributed by atoms with van der Waals surface area (Å²) in [6.07, 6.45) is 7.48. The molecule has 0 aliphatic carbocycles. The highest BCUT2D eigenvalue weighted by Crippen LogP contribution is 2.13. The molecule has 0 fully saturated rings. The predicted octanol–water partition coefficient (Wildman–Crippen LogP) is 3.86. The molecule has 2 unspecified atom stereocenters. The van der Waals surface area contributed by atoms with E-state index in [1.807, 2.05) is 6.92 Å². The molecule has 0 amide bonds. The van der Waals surface area contributed by atoms with Gasteiger partial charge in [-0.15, -0.1) is 0 Å². The Morgan fingerprint density at radius 2 is 1.94 bits per heavy atom. The van der Waals surface area contributed by atoms with Gasteiger partial charge in [0.2, 0.25) is 0 Å². The van der Waals surface area contributed by atoms with Crippen LogP contribution in [0.3, 0.4) is 0 Å².